The van der Waals surface area contributed by atoms with Crippen molar-refractivity contribution in [3.8, 4) is 5.75 Å². The molecule has 0 bridgehead atoms. The lowest BCUT2D eigenvalue weighted by Gasteiger charge is -2.13. The van der Waals surface area contributed by atoms with E-state index in [9.17, 15) is 14.7 Å². The largest absolute Gasteiger partial charge is 0.493 e. The van der Waals surface area contributed by atoms with Gasteiger partial charge < -0.3 is 14.9 Å². The third-order valence-corrected chi connectivity index (χ3v) is 3.87. The van der Waals surface area contributed by atoms with Crippen LogP contribution in [0.15, 0.2) is 18.2 Å². The Balaban J connectivity index is 2.53. The number of ether oxygens (including phenoxy) is 1. The van der Waals surface area contributed by atoms with Crippen molar-refractivity contribution in [2.45, 2.75) is 52.4 Å². The zero-order valence-corrected chi connectivity index (χ0v) is 13.9. The molecule has 0 amide bonds. The summed E-state index contributed by atoms with van der Waals surface area (Å²) in [6, 6.07) is 4.27. The quantitative estimate of drug-likeness (QED) is 0.588. The molecule has 0 aliphatic rings. The van der Waals surface area contributed by atoms with Crippen LogP contribution >= 0.6 is 0 Å². The van der Waals surface area contributed by atoms with Gasteiger partial charge in [0.05, 0.1) is 12.2 Å². The van der Waals surface area contributed by atoms with Crippen molar-refractivity contribution in [2.24, 2.45) is 5.92 Å². The lowest BCUT2D eigenvalue weighted by molar-refractivity contribution is 0.0647. The minimum absolute atomic E-state index is 0.121. The SMILES string of the molecule is CCCCCC(C)CCCOc1cccc(C(=O)O)c1C(=O)O. The van der Waals surface area contributed by atoms with E-state index in [4.69, 9.17) is 9.84 Å². The molecule has 0 spiro atoms. The van der Waals surface area contributed by atoms with Gasteiger partial charge in [-0.05, 0) is 30.9 Å². The van der Waals surface area contributed by atoms with Crippen LogP contribution in [0.3, 0.4) is 0 Å². The molecule has 23 heavy (non-hydrogen) atoms. The molecular weight excluding hydrogens is 296 g/mol. The highest BCUT2D eigenvalue weighted by Crippen LogP contribution is 2.23. The van der Waals surface area contributed by atoms with Crippen LogP contribution in [0.4, 0.5) is 0 Å². The van der Waals surface area contributed by atoms with Gasteiger partial charge in [-0.3, -0.25) is 0 Å². The van der Waals surface area contributed by atoms with Gasteiger partial charge in [0, 0.05) is 0 Å². The third kappa shape index (κ3) is 6.30. The molecule has 1 aromatic rings. The average molecular weight is 322 g/mol. The summed E-state index contributed by atoms with van der Waals surface area (Å²) in [6.45, 7) is 4.79. The molecule has 5 nitrogen and oxygen atoms in total. The Bertz CT molecular complexity index is 524. The summed E-state index contributed by atoms with van der Waals surface area (Å²) in [7, 11) is 0. The van der Waals surface area contributed by atoms with E-state index in [1.54, 1.807) is 0 Å². The molecule has 1 aromatic carbocycles. The van der Waals surface area contributed by atoms with E-state index in [2.05, 4.69) is 13.8 Å². The monoisotopic (exact) mass is 322 g/mol. The minimum atomic E-state index is -1.29. The van der Waals surface area contributed by atoms with Crippen LogP contribution in [-0.2, 0) is 0 Å². The number of hydrogen-bond donors (Lipinski definition) is 2. The number of aromatic carboxylic acids is 2. The second-order valence-electron chi connectivity index (χ2n) is 5.88. The van der Waals surface area contributed by atoms with Gasteiger partial charge in [0.2, 0.25) is 0 Å². The fourth-order valence-electron chi connectivity index (χ4n) is 2.55. The lowest BCUT2D eigenvalue weighted by Crippen LogP contribution is -2.11. The maximum atomic E-state index is 11.3. The van der Waals surface area contributed by atoms with Crippen molar-refractivity contribution in [3.05, 3.63) is 29.3 Å². The average Bonchev–Trinajstić information content (AvgIpc) is 2.51. The first-order valence-electron chi connectivity index (χ1n) is 8.19. The molecule has 0 saturated carbocycles. The molecular formula is C18H26O5. The highest BCUT2D eigenvalue weighted by atomic mass is 16.5. The minimum Gasteiger partial charge on any atom is -0.493 e. The fraction of sp³-hybridized carbons (Fsp3) is 0.556. The van der Waals surface area contributed by atoms with Crippen LogP contribution in [0.1, 0.15) is 73.1 Å². The van der Waals surface area contributed by atoms with Crippen LogP contribution in [0.25, 0.3) is 0 Å². The first-order valence-corrected chi connectivity index (χ1v) is 8.19. The summed E-state index contributed by atoms with van der Waals surface area (Å²) in [5.74, 6) is -1.81. The van der Waals surface area contributed by atoms with E-state index in [1.165, 1.54) is 43.9 Å². The predicted molar refractivity (Wildman–Crippen MR) is 88.4 cm³/mol. The van der Waals surface area contributed by atoms with E-state index in [-0.39, 0.29) is 16.9 Å². The molecule has 0 saturated heterocycles. The van der Waals surface area contributed by atoms with Crippen LogP contribution in [0.5, 0.6) is 5.75 Å². The van der Waals surface area contributed by atoms with E-state index < -0.39 is 11.9 Å². The normalized spacial score (nSPS) is 11.9. The standard InChI is InChI=1S/C18H26O5/c1-3-4-5-8-13(2)9-7-12-23-15-11-6-10-14(17(19)20)16(15)18(21)22/h6,10-11,13H,3-5,7-9,12H2,1-2H3,(H,19,20)(H,21,22). The van der Waals surface area contributed by atoms with Crippen molar-refractivity contribution in [2.75, 3.05) is 6.61 Å². The Labute approximate surface area is 137 Å². The summed E-state index contributed by atoms with van der Waals surface area (Å²) in [5, 5.41) is 18.3. The van der Waals surface area contributed by atoms with E-state index in [0.29, 0.717) is 12.5 Å². The van der Waals surface area contributed by atoms with Crippen molar-refractivity contribution in [3.63, 3.8) is 0 Å². The van der Waals surface area contributed by atoms with Gasteiger partial charge in [-0.1, -0.05) is 45.6 Å². The summed E-state index contributed by atoms with van der Waals surface area (Å²) in [6.07, 6.45) is 6.75. The van der Waals surface area contributed by atoms with Crippen LogP contribution in [0.2, 0.25) is 0 Å². The zero-order valence-electron chi connectivity index (χ0n) is 13.9. The van der Waals surface area contributed by atoms with E-state index in [0.717, 1.165) is 12.8 Å². The van der Waals surface area contributed by atoms with Crippen molar-refractivity contribution in [1.29, 1.82) is 0 Å². The summed E-state index contributed by atoms with van der Waals surface area (Å²) >= 11 is 0. The smallest absolute Gasteiger partial charge is 0.340 e. The molecule has 0 fully saturated rings. The van der Waals surface area contributed by atoms with Gasteiger partial charge in [0.1, 0.15) is 11.3 Å². The molecule has 0 radical (unpaired) electrons. The maximum Gasteiger partial charge on any atom is 0.340 e. The summed E-state index contributed by atoms with van der Waals surface area (Å²) < 4.78 is 5.52. The number of rotatable bonds is 11. The second-order valence-corrected chi connectivity index (χ2v) is 5.88. The predicted octanol–water partition coefficient (Wildman–Crippen LogP) is 4.46. The van der Waals surface area contributed by atoms with Crippen molar-refractivity contribution < 1.29 is 24.5 Å². The number of carbonyl (C=O) groups is 2. The van der Waals surface area contributed by atoms with Gasteiger partial charge >= 0.3 is 11.9 Å². The Morgan fingerprint density at radius 3 is 2.39 bits per heavy atom. The Kier molecular flexibility index (Phi) is 8.16. The van der Waals surface area contributed by atoms with Crippen LogP contribution in [-0.4, -0.2) is 28.8 Å². The van der Waals surface area contributed by atoms with Crippen LogP contribution in [0, 0.1) is 5.92 Å². The van der Waals surface area contributed by atoms with Gasteiger partial charge in [0.25, 0.3) is 0 Å². The van der Waals surface area contributed by atoms with Crippen LogP contribution < -0.4 is 4.74 Å². The van der Waals surface area contributed by atoms with Gasteiger partial charge in [-0.25, -0.2) is 9.59 Å². The number of hydrogen-bond acceptors (Lipinski definition) is 3. The molecule has 2 N–H and O–H groups in total. The maximum absolute atomic E-state index is 11.3. The number of carboxylic acid groups (broad SMARTS) is 2. The van der Waals surface area contributed by atoms with E-state index >= 15 is 0 Å². The summed E-state index contributed by atoms with van der Waals surface area (Å²) in [5.41, 5.74) is -0.529. The zero-order chi connectivity index (χ0) is 17.2. The molecule has 0 heterocycles. The highest BCUT2D eigenvalue weighted by molar-refractivity contribution is 6.03. The van der Waals surface area contributed by atoms with Gasteiger partial charge in [-0.15, -0.1) is 0 Å². The molecule has 0 aliphatic heterocycles. The Morgan fingerprint density at radius 1 is 1.09 bits per heavy atom. The molecule has 1 atom stereocenters. The second kappa shape index (κ2) is 9.87. The molecule has 5 heteroatoms. The highest BCUT2D eigenvalue weighted by Gasteiger charge is 2.20. The first-order chi connectivity index (χ1) is 11.0. The Morgan fingerprint density at radius 2 is 1.78 bits per heavy atom. The topological polar surface area (TPSA) is 83.8 Å². The Hall–Kier alpha value is -2.04. The first kappa shape index (κ1) is 19.0. The fourth-order valence-corrected chi connectivity index (χ4v) is 2.55. The molecule has 1 unspecified atom stereocenters. The van der Waals surface area contributed by atoms with Gasteiger partial charge in [-0.2, -0.15) is 0 Å². The third-order valence-electron chi connectivity index (χ3n) is 3.87. The lowest BCUT2D eigenvalue weighted by atomic mass is 9.98. The molecule has 1 rings (SSSR count). The number of benzene rings is 1. The molecule has 128 valence electrons. The molecule has 0 aromatic heterocycles. The van der Waals surface area contributed by atoms with Crippen molar-refractivity contribution >= 4 is 11.9 Å². The van der Waals surface area contributed by atoms with Crippen molar-refractivity contribution in [1.82, 2.24) is 0 Å². The number of unbranched alkanes of at least 4 members (excludes halogenated alkanes) is 2. The van der Waals surface area contributed by atoms with Gasteiger partial charge in [0.15, 0.2) is 0 Å². The molecule has 0 aliphatic carbocycles. The number of carboxylic acids is 2. The van der Waals surface area contributed by atoms with E-state index in [1.807, 2.05) is 0 Å². The summed E-state index contributed by atoms with van der Waals surface area (Å²) in [4.78, 5) is 22.4.